The fourth-order valence-corrected chi connectivity index (χ4v) is 5.36. The highest BCUT2D eigenvalue weighted by Crippen LogP contribution is 2.25. The highest BCUT2D eigenvalue weighted by atomic mass is 32.2. The van der Waals surface area contributed by atoms with Crippen molar-refractivity contribution in [3.05, 3.63) is 64.0 Å². The number of rotatable bonds is 6. The molecule has 1 aromatic heterocycles. The number of morpholine rings is 1. The van der Waals surface area contributed by atoms with Crippen LogP contribution < -0.4 is 16.3 Å². The molecule has 0 saturated carbocycles. The van der Waals surface area contributed by atoms with E-state index in [1.807, 2.05) is 13.0 Å². The van der Waals surface area contributed by atoms with Gasteiger partial charge in [0.25, 0.3) is 0 Å². The fourth-order valence-electron chi connectivity index (χ4n) is 3.70. The molecule has 10 heteroatoms. The average Bonchev–Trinajstić information content (AvgIpc) is 2.79. The molecule has 33 heavy (non-hydrogen) atoms. The van der Waals surface area contributed by atoms with Gasteiger partial charge in [0.05, 0.1) is 24.7 Å². The number of carbonyl (C=O) groups excluding carboxylic acids is 1. The van der Waals surface area contributed by atoms with E-state index in [1.165, 1.54) is 16.4 Å². The van der Waals surface area contributed by atoms with Gasteiger partial charge in [-0.25, -0.2) is 13.2 Å². The van der Waals surface area contributed by atoms with E-state index in [0.717, 1.165) is 10.9 Å². The maximum atomic E-state index is 13.0. The van der Waals surface area contributed by atoms with Gasteiger partial charge in [0.1, 0.15) is 5.58 Å². The second-order valence-corrected chi connectivity index (χ2v) is 9.76. The predicted octanol–water partition coefficient (Wildman–Crippen LogP) is 2.48. The Morgan fingerprint density at radius 2 is 1.73 bits per heavy atom. The molecule has 2 aromatic carbocycles. The topological polar surface area (TPSA) is 118 Å². The van der Waals surface area contributed by atoms with Gasteiger partial charge in [-0.05, 0) is 49.2 Å². The summed E-state index contributed by atoms with van der Waals surface area (Å²) >= 11 is 0. The third-order valence-electron chi connectivity index (χ3n) is 5.46. The number of ether oxygens (including phenoxy) is 1. The number of nitrogens with one attached hydrogen (secondary N) is 2. The van der Waals surface area contributed by atoms with Crippen molar-refractivity contribution in [3.8, 4) is 0 Å². The molecule has 2 heterocycles. The first-order chi connectivity index (χ1) is 15.7. The van der Waals surface area contributed by atoms with Crippen LogP contribution in [0.3, 0.4) is 0 Å². The summed E-state index contributed by atoms with van der Waals surface area (Å²) in [6.45, 7) is 4.81. The van der Waals surface area contributed by atoms with E-state index in [-0.39, 0.29) is 17.3 Å². The number of sulfonamides is 1. The molecule has 1 saturated heterocycles. The normalized spacial score (nSPS) is 14.8. The van der Waals surface area contributed by atoms with E-state index in [4.69, 9.17) is 9.15 Å². The second-order valence-electron chi connectivity index (χ2n) is 7.86. The lowest BCUT2D eigenvalue weighted by atomic mass is 10.1. The predicted molar refractivity (Wildman–Crippen MR) is 125 cm³/mol. The van der Waals surface area contributed by atoms with Crippen LogP contribution in [0.4, 0.5) is 11.4 Å². The summed E-state index contributed by atoms with van der Waals surface area (Å²) in [4.78, 5) is 24.2. The molecule has 9 nitrogen and oxygen atoms in total. The van der Waals surface area contributed by atoms with Crippen molar-refractivity contribution in [2.75, 3.05) is 43.5 Å². The highest BCUT2D eigenvalue weighted by Gasteiger charge is 2.28. The Balaban J connectivity index is 1.45. The number of carbonyl (C=O) groups is 1. The molecule has 0 unspecified atom stereocenters. The van der Waals surface area contributed by atoms with Gasteiger partial charge in [0.2, 0.25) is 15.9 Å². The minimum Gasteiger partial charge on any atom is -0.423 e. The minimum absolute atomic E-state index is 0.0546. The molecule has 0 bridgehead atoms. The first-order valence-corrected chi connectivity index (χ1v) is 11.9. The van der Waals surface area contributed by atoms with E-state index in [9.17, 15) is 18.0 Å². The molecular formula is C23H25N3O6S. The lowest BCUT2D eigenvalue weighted by Gasteiger charge is -2.26. The van der Waals surface area contributed by atoms with Gasteiger partial charge in [-0.1, -0.05) is 6.07 Å². The minimum atomic E-state index is -3.68. The van der Waals surface area contributed by atoms with Gasteiger partial charge in [-0.15, -0.1) is 0 Å². The van der Waals surface area contributed by atoms with E-state index >= 15 is 0 Å². The molecule has 1 fully saturated rings. The standard InChI is InChI=1S/C23H25N3O6S/c1-15-3-4-18(13-21(15)33(29,30)26-7-9-31-10-8-26)25-22(27)14-24-17-5-6-19-16(2)11-23(28)32-20(19)12-17/h3-6,11-13,24H,7-10,14H2,1-2H3,(H,25,27). The summed E-state index contributed by atoms with van der Waals surface area (Å²) in [6.07, 6.45) is 0. The third-order valence-corrected chi connectivity index (χ3v) is 7.50. The summed E-state index contributed by atoms with van der Waals surface area (Å²) in [5, 5.41) is 6.53. The number of nitrogens with zero attached hydrogens (tertiary/aromatic N) is 1. The van der Waals surface area contributed by atoms with Gasteiger partial charge >= 0.3 is 5.63 Å². The van der Waals surface area contributed by atoms with Gasteiger partial charge in [0.15, 0.2) is 0 Å². The number of amides is 1. The summed E-state index contributed by atoms with van der Waals surface area (Å²) in [5.41, 5.74) is 2.42. The molecule has 1 aliphatic rings. The van der Waals surface area contributed by atoms with Crippen LogP contribution in [-0.4, -0.2) is 51.5 Å². The number of fused-ring (bicyclic) bond motifs is 1. The van der Waals surface area contributed by atoms with Crippen molar-refractivity contribution in [3.63, 3.8) is 0 Å². The van der Waals surface area contributed by atoms with E-state index in [0.29, 0.717) is 48.8 Å². The molecule has 3 aromatic rings. The van der Waals surface area contributed by atoms with E-state index in [1.54, 1.807) is 31.2 Å². The number of hydrogen-bond donors (Lipinski definition) is 2. The maximum absolute atomic E-state index is 13.0. The van der Waals surface area contributed by atoms with Crippen LogP contribution in [0.2, 0.25) is 0 Å². The number of anilines is 2. The zero-order valence-corrected chi connectivity index (χ0v) is 19.2. The Hall–Kier alpha value is -3.21. The SMILES string of the molecule is Cc1ccc(NC(=O)CNc2ccc3c(C)cc(=O)oc3c2)cc1S(=O)(=O)N1CCOCC1. The van der Waals surface area contributed by atoms with Crippen molar-refractivity contribution in [1.29, 1.82) is 0 Å². The molecule has 0 aliphatic carbocycles. The van der Waals surface area contributed by atoms with Gasteiger partial charge in [-0.3, -0.25) is 4.79 Å². The van der Waals surface area contributed by atoms with Crippen LogP contribution in [0.25, 0.3) is 11.0 Å². The zero-order chi connectivity index (χ0) is 23.6. The lowest BCUT2D eigenvalue weighted by Crippen LogP contribution is -2.40. The molecule has 1 amide bonds. The van der Waals surface area contributed by atoms with Gasteiger partial charge in [0, 0.05) is 42.0 Å². The summed E-state index contributed by atoms with van der Waals surface area (Å²) in [6, 6.07) is 11.5. The van der Waals surface area contributed by atoms with Crippen molar-refractivity contribution in [2.45, 2.75) is 18.7 Å². The van der Waals surface area contributed by atoms with Crippen molar-refractivity contribution in [2.24, 2.45) is 0 Å². The fraction of sp³-hybridized carbons (Fsp3) is 0.304. The molecule has 0 radical (unpaired) electrons. The summed E-state index contributed by atoms with van der Waals surface area (Å²) < 4.78 is 37.9. The maximum Gasteiger partial charge on any atom is 0.336 e. The Labute approximate surface area is 191 Å². The van der Waals surface area contributed by atoms with Crippen LogP contribution in [0.15, 0.2) is 56.6 Å². The Morgan fingerprint density at radius 1 is 1.00 bits per heavy atom. The number of benzene rings is 2. The monoisotopic (exact) mass is 471 g/mol. The third kappa shape index (κ3) is 5.08. The van der Waals surface area contributed by atoms with Crippen molar-refractivity contribution >= 4 is 38.3 Å². The second kappa shape index (κ2) is 9.34. The van der Waals surface area contributed by atoms with Crippen LogP contribution in [0.5, 0.6) is 0 Å². The van der Waals surface area contributed by atoms with E-state index in [2.05, 4.69) is 10.6 Å². The molecule has 0 spiro atoms. The lowest BCUT2D eigenvalue weighted by molar-refractivity contribution is -0.114. The van der Waals surface area contributed by atoms with Crippen LogP contribution in [0.1, 0.15) is 11.1 Å². The average molecular weight is 472 g/mol. The van der Waals surface area contributed by atoms with Crippen LogP contribution in [-0.2, 0) is 19.6 Å². The Kier molecular flexibility index (Phi) is 6.50. The molecule has 174 valence electrons. The Bertz CT molecular complexity index is 1360. The molecule has 1 aliphatic heterocycles. The zero-order valence-electron chi connectivity index (χ0n) is 18.4. The number of hydrogen-bond acceptors (Lipinski definition) is 7. The van der Waals surface area contributed by atoms with Gasteiger partial charge in [-0.2, -0.15) is 4.31 Å². The molecular weight excluding hydrogens is 446 g/mol. The van der Waals surface area contributed by atoms with Gasteiger partial charge < -0.3 is 19.8 Å². The first-order valence-electron chi connectivity index (χ1n) is 10.5. The molecule has 2 N–H and O–H groups in total. The summed E-state index contributed by atoms with van der Waals surface area (Å²) in [5.74, 6) is -0.348. The summed E-state index contributed by atoms with van der Waals surface area (Å²) in [7, 11) is -3.68. The largest absolute Gasteiger partial charge is 0.423 e. The van der Waals surface area contributed by atoms with E-state index < -0.39 is 15.6 Å². The molecule has 0 atom stereocenters. The molecule has 4 rings (SSSR count). The quantitative estimate of drug-likeness (QED) is 0.530. The smallest absolute Gasteiger partial charge is 0.336 e. The van der Waals surface area contributed by atoms with Crippen LogP contribution in [0, 0.1) is 13.8 Å². The first kappa shape index (κ1) is 23.0. The van der Waals surface area contributed by atoms with Crippen molar-refractivity contribution in [1.82, 2.24) is 4.31 Å². The highest BCUT2D eigenvalue weighted by molar-refractivity contribution is 7.89. The van der Waals surface area contributed by atoms with Crippen molar-refractivity contribution < 1.29 is 22.4 Å². The number of aryl methyl sites for hydroxylation is 2. The van der Waals surface area contributed by atoms with Crippen LogP contribution >= 0.6 is 0 Å². The Morgan fingerprint density at radius 3 is 2.48 bits per heavy atom.